The Morgan fingerprint density at radius 2 is 1.45 bits per heavy atom. The largest absolute Gasteiger partial charge is 0.502 e. The molecule has 106 valence electrons. The van der Waals surface area contributed by atoms with Gasteiger partial charge in [0.2, 0.25) is 34.8 Å². The Bertz CT molecular complexity index is 663. The van der Waals surface area contributed by atoms with Crippen LogP contribution in [0.25, 0.3) is 0 Å². The summed E-state index contributed by atoms with van der Waals surface area (Å²) in [5.41, 5.74) is 0. The highest BCUT2D eigenvalue weighted by molar-refractivity contribution is 7.83. The van der Waals surface area contributed by atoms with E-state index in [9.17, 15) is 22.7 Å². The van der Waals surface area contributed by atoms with Gasteiger partial charge in [-0.05, 0) is 18.2 Å². The van der Waals surface area contributed by atoms with Gasteiger partial charge in [0, 0.05) is 9.79 Å². The van der Waals surface area contributed by atoms with E-state index in [-0.39, 0.29) is 5.75 Å². The lowest BCUT2D eigenvalue weighted by Gasteiger charge is -2.11. The van der Waals surface area contributed by atoms with Gasteiger partial charge in [0.1, 0.15) is 5.75 Å². The predicted octanol–water partition coefficient (Wildman–Crippen LogP) is 4.32. The lowest BCUT2D eigenvalue weighted by Crippen LogP contribution is -2.00. The van der Waals surface area contributed by atoms with Gasteiger partial charge in [-0.3, -0.25) is 0 Å². The van der Waals surface area contributed by atoms with Crippen molar-refractivity contribution in [2.45, 2.75) is 9.79 Å². The number of benzene rings is 2. The minimum Gasteiger partial charge on any atom is -0.502 e. The fraction of sp³-hybridized carbons (Fsp3) is 0. The predicted molar refractivity (Wildman–Crippen MR) is 69.0 cm³/mol. The van der Waals surface area contributed by atoms with Gasteiger partial charge >= 0.3 is 0 Å². The third-order valence-corrected chi connectivity index (χ3v) is 3.30. The van der Waals surface area contributed by atoms with Crippen molar-refractivity contribution in [1.29, 1.82) is 0 Å². The number of phenols is 1. The molecule has 0 unspecified atom stereocenters. The average molecular weight is 322 g/mol. The Labute approximate surface area is 121 Å². The topological polar surface area (TPSA) is 29.5 Å². The van der Waals surface area contributed by atoms with Crippen LogP contribution >= 0.6 is 25.3 Å². The average Bonchev–Trinajstić information content (AvgIpc) is 2.43. The van der Waals surface area contributed by atoms with Crippen molar-refractivity contribution in [3.8, 4) is 17.2 Å². The SMILES string of the molecule is Oc1c(F)c(F)c(F)c(F)c1Oc1ccc(S)c(S)c1. The van der Waals surface area contributed by atoms with Crippen LogP contribution in [0.4, 0.5) is 17.6 Å². The third kappa shape index (κ3) is 2.53. The van der Waals surface area contributed by atoms with Crippen LogP contribution in [-0.2, 0) is 0 Å². The van der Waals surface area contributed by atoms with E-state index in [1.165, 1.54) is 18.2 Å². The van der Waals surface area contributed by atoms with Crippen molar-refractivity contribution in [2.75, 3.05) is 0 Å². The zero-order valence-corrected chi connectivity index (χ0v) is 11.3. The van der Waals surface area contributed by atoms with Gasteiger partial charge < -0.3 is 9.84 Å². The van der Waals surface area contributed by atoms with E-state index < -0.39 is 34.8 Å². The fourth-order valence-electron chi connectivity index (χ4n) is 1.38. The zero-order chi connectivity index (χ0) is 15.0. The molecule has 2 aromatic carbocycles. The van der Waals surface area contributed by atoms with Gasteiger partial charge in [-0.2, -0.15) is 8.78 Å². The monoisotopic (exact) mass is 322 g/mol. The van der Waals surface area contributed by atoms with Crippen LogP contribution < -0.4 is 4.74 Å². The second-order valence-corrected chi connectivity index (χ2v) is 4.65. The molecule has 0 bridgehead atoms. The first kappa shape index (κ1) is 14.9. The number of aromatic hydroxyl groups is 1. The molecule has 0 aliphatic heterocycles. The second kappa shape index (κ2) is 5.45. The summed E-state index contributed by atoms with van der Waals surface area (Å²) in [4.78, 5) is 0.843. The van der Waals surface area contributed by atoms with E-state index in [0.29, 0.717) is 9.79 Å². The van der Waals surface area contributed by atoms with Gasteiger partial charge in [0.05, 0.1) is 0 Å². The molecule has 20 heavy (non-hydrogen) atoms. The maximum Gasteiger partial charge on any atom is 0.211 e. The molecule has 0 aliphatic rings. The van der Waals surface area contributed by atoms with Crippen molar-refractivity contribution >= 4 is 25.3 Å². The Morgan fingerprint density at radius 1 is 0.850 bits per heavy atom. The summed E-state index contributed by atoms with van der Waals surface area (Å²) in [5.74, 6) is -10.6. The quantitative estimate of drug-likeness (QED) is 0.333. The molecule has 8 heteroatoms. The third-order valence-electron chi connectivity index (χ3n) is 2.37. The van der Waals surface area contributed by atoms with Crippen molar-refractivity contribution in [3.05, 3.63) is 41.5 Å². The first-order valence-electron chi connectivity index (χ1n) is 5.07. The molecule has 0 aliphatic carbocycles. The van der Waals surface area contributed by atoms with Crippen molar-refractivity contribution < 1.29 is 27.4 Å². The summed E-state index contributed by atoms with van der Waals surface area (Å²) in [5, 5.41) is 9.29. The van der Waals surface area contributed by atoms with E-state index in [0.717, 1.165) is 0 Å². The minimum absolute atomic E-state index is 0.0626. The Balaban J connectivity index is 2.51. The number of phenolic OH excluding ortho intramolecular Hbond substituents is 1. The molecule has 0 saturated heterocycles. The molecule has 2 rings (SSSR count). The van der Waals surface area contributed by atoms with E-state index in [1.807, 2.05) is 0 Å². The van der Waals surface area contributed by atoms with Crippen LogP contribution in [0, 0.1) is 23.3 Å². The first-order valence-corrected chi connectivity index (χ1v) is 5.97. The molecule has 0 amide bonds. The lowest BCUT2D eigenvalue weighted by molar-refractivity contribution is 0.324. The highest BCUT2D eigenvalue weighted by atomic mass is 32.1. The van der Waals surface area contributed by atoms with Crippen molar-refractivity contribution in [3.63, 3.8) is 0 Å². The Morgan fingerprint density at radius 3 is 2.05 bits per heavy atom. The summed E-state index contributed by atoms with van der Waals surface area (Å²) in [6, 6.07) is 4.02. The maximum atomic E-state index is 13.5. The van der Waals surface area contributed by atoms with Crippen molar-refractivity contribution in [1.82, 2.24) is 0 Å². The van der Waals surface area contributed by atoms with Gasteiger partial charge in [-0.15, -0.1) is 25.3 Å². The van der Waals surface area contributed by atoms with Gasteiger partial charge in [-0.25, -0.2) is 8.78 Å². The molecular formula is C12H6F4O2S2. The van der Waals surface area contributed by atoms with E-state index >= 15 is 0 Å². The molecule has 2 nitrogen and oxygen atoms in total. The van der Waals surface area contributed by atoms with Crippen LogP contribution in [0.5, 0.6) is 17.2 Å². The summed E-state index contributed by atoms with van der Waals surface area (Å²) in [6.45, 7) is 0. The van der Waals surface area contributed by atoms with Crippen LogP contribution in [-0.4, -0.2) is 5.11 Å². The number of ether oxygens (including phenoxy) is 1. The highest BCUT2D eigenvalue weighted by Crippen LogP contribution is 2.39. The number of thiol groups is 2. The molecular weight excluding hydrogens is 316 g/mol. The summed E-state index contributed by atoms with van der Waals surface area (Å²) < 4.78 is 57.4. The van der Waals surface area contributed by atoms with Crippen LogP contribution in [0.15, 0.2) is 28.0 Å². The molecule has 0 aromatic heterocycles. The number of hydrogen-bond donors (Lipinski definition) is 3. The number of rotatable bonds is 2. The molecule has 0 fully saturated rings. The van der Waals surface area contributed by atoms with Crippen LogP contribution in [0.3, 0.4) is 0 Å². The van der Waals surface area contributed by atoms with Crippen LogP contribution in [0.1, 0.15) is 0 Å². The summed E-state index contributed by atoms with van der Waals surface area (Å²) in [7, 11) is 0. The zero-order valence-electron chi connectivity index (χ0n) is 9.49. The Hall–Kier alpha value is -1.54. The molecule has 0 radical (unpaired) electrons. The smallest absolute Gasteiger partial charge is 0.211 e. The maximum absolute atomic E-state index is 13.5. The van der Waals surface area contributed by atoms with E-state index in [4.69, 9.17) is 4.74 Å². The van der Waals surface area contributed by atoms with Crippen LogP contribution in [0.2, 0.25) is 0 Å². The van der Waals surface area contributed by atoms with Crippen molar-refractivity contribution in [2.24, 2.45) is 0 Å². The number of hydrogen-bond acceptors (Lipinski definition) is 4. The summed E-state index contributed by atoms with van der Waals surface area (Å²) >= 11 is 8.05. The Kier molecular flexibility index (Phi) is 4.05. The molecule has 0 spiro atoms. The number of halogens is 4. The molecule has 0 heterocycles. The highest BCUT2D eigenvalue weighted by Gasteiger charge is 2.27. The minimum atomic E-state index is -2.12. The standard InChI is InChI=1S/C12H6F4O2S2/c13-7-8(14)10(16)12(11(17)9(7)15)18-4-1-2-5(19)6(20)3-4/h1-3,17,19-20H. The molecule has 1 N–H and O–H groups in total. The molecule has 0 saturated carbocycles. The molecule has 2 aromatic rings. The first-order chi connectivity index (χ1) is 9.32. The van der Waals surface area contributed by atoms with E-state index in [1.54, 1.807) is 0 Å². The normalized spacial score (nSPS) is 10.7. The lowest BCUT2D eigenvalue weighted by atomic mass is 10.2. The second-order valence-electron chi connectivity index (χ2n) is 3.69. The van der Waals surface area contributed by atoms with Gasteiger partial charge in [0.15, 0.2) is 0 Å². The van der Waals surface area contributed by atoms with E-state index in [2.05, 4.69) is 25.3 Å². The molecule has 0 atom stereocenters. The fourth-order valence-corrected chi connectivity index (χ4v) is 1.72. The van der Waals surface area contributed by atoms with Gasteiger partial charge in [-0.1, -0.05) is 0 Å². The summed E-state index contributed by atoms with van der Waals surface area (Å²) in [6.07, 6.45) is 0. The van der Waals surface area contributed by atoms with Gasteiger partial charge in [0.25, 0.3) is 0 Å².